The van der Waals surface area contributed by atoms with Gasteiger partial charge in [0.2, 0.25) is 0 Å². The zero-order chi connectivity index (χ0) is 6.27. The Bertz CT molecular complexity index is 260. The van der Waals surface area contributed by atoms with Gasteiger partial charge >= 0.3 is 0 Å². The third kappa shape index (κ3) is 0.762. The van der Waals surface area contributed by atoms with Gasteiger partial charge in [-0.05, 0) is 18.9 Å². The molecule has 2 heteroatoms. The van der Waals surface area contributed by atoms with Gasteiger partial charge in [0.05, 0.1) is 5.69 Å². The maximum absolute atomic E-state index is 4.97. The second-order valence-corrected chi connectivity index (χ2v) is 2.27. The molecule has 0 atom stereocenters. The van der Waals surface area contributed by atoms with Crippen LogP contribution in [0, 0.1) is 6.92 Å². The summed E-state index contributed by atoms with van der Waals surface area (Å²) >= 11 is 0. The molecule has 2 rings (SSSR count). The second kappa shape index (κ2) is 1.47. The fourth-order valence-electron chi connectivity index (χ4n) is 0.767. The van der Waals surface area contributed by atoms with E-state index in [2.05, 4.69) is 11.2 Å². The van der Waals surface area contributed by atoms with Gasteiger partial charge in [-0.15, -0.1) is 0 Å². The summed E-state index contributed by atoms with van der Waals surface area (Å²) in [4.78, 5) is 0. The van der Waals surface area contributed by atoms with Crippen molar-refractivity contribution in [2.75, 3.05) is 0 Å². The molecule has 46 valence electrons. The van der Waals surface area contributed by atoms with Gasteiger partial charge in [-0.25, -0.2) is 0 Å². The molecule has 9 heavy (non-hydrogen) atoms. The predicted octanol–water partition coefficient (Wildman–Crippen LogP) is 1.77. The molecule has 0 unspecified atom stereocenters. The standard InChI is InChI=1S/C7H7NO/c1-5-4-7(9-8-5)6-2-3-6/h2,4H,3H2,1H3. The Morgan fingerprint density at radius 1 is 1.67 bits per heavy atom. The smallest absolute Gasteiger partial charge is 0.163 e. The molecule has 0 saturated carbocycles. The first kappa shape index (κ1) is 4.79. The van der Waals surface area contributed by atoms with Gasteiger partial charge in [0, 0.05) is 6.07 Å². The number of rotatable bonds is 1. The minimum absolute atomic E-state index is 0.938. The molecule has 0 spiro atoms. The Morgan fingerprint density at radius 3 is 2.89 bits per heavy atom. The number of aryl methyl sites for hydroxylation is 1. The van der Waals surface area contributed by atoms with E-state index >= 15 is 0 Å². The van der Waals surface area contributed by atoms with Crippen LogP contribution in [0.1, 0.15) is 17.9 Å². The molecule has 0 aliphatic heterocycles. The van der Waals surface area contributed by atoms with Crippen molar-refractivity contribution < 1.29 is 4.52 Å². The summed E-state index contributed by atoms with van der Waals surface area (Å²) in [6, 6.07) is 1.96. The summed E-state index contributed by atoms with van der Waals surface area (Å²) in [5.74, 6) is 0.938. The first-order chi connectivity index (χ1) is 4.36. The van der Waals surface area contributed by atoms with Crippen LogP contribution in [0.2, 0.25) is 0 Å². The maximum atomic E-state index is 4.97. The first-order valence-corrected chi connectivity index (χ1v) is 2.99. The van der Waals surface area contributed by atoms with E-state index in [-0.39, 0.29) is 0 Å². The first-order valence-electron chi connectivity index (χ1n) is 2.99. The quantitative estimate of drug-likeness (QED) is 0.566. The summed E-state index contributed by atoms with van der Waals surface area (Å²) in [6.07, 6.45) is 3.20. The van der Waals surface area contributed by atoms with Crippen LogP contribution in [-0.4, -0.2) is 5.16 Å². The molecule has 0 aromatic carbocycles. The van der Waals surface area contributed by atoms with Crippen molar-refractivity contribution in [3.63, 3.8) is 0 Å². The van der Waals surface area contributed by atoms with Crippen molar-refractivity contribution in [1.29, 1.82) is 0 Å². The Labute approximate surface area is 53.2 Å². The van der Waals surface area contributed by atoms with Crippen molar-refractivity contribution in [3.8, 4) is 0 Å². The lowest BCUT2D eigenvalue weighted by molar-refractivity contribution is 0.406. The third-order valence-corrected chi connectivity index (χ3v) is 1.35. The van der Waals surface area contributed by atoms with Gasteiger partial charge in [-0.3, -0.25) is 0 Å². The topological polar surface area (TPSA) is 26.0 Å². The SMILES string of the molecule is Cc1cc(C2=CC2)on1. The normalized spacial score (nSPS) is 15.4. The van der Waals surface area contributed by atoms with Crippen LogP contribution in [0.3, 0.4) is 0 Å². The molecule has 0 fully saturated rings. The highest BCUT2D eigenvalue weighted by atomic mass is 16.5. The van der Waals surface area contributed by atoms with Crippen LogP contribution in [-0.2, 0) is 0 Å². The van der Waals surface area contributed by atoms with Crippen LogP contribution < -0.4 is 0 Å². The van der Waals surface area contributed by atoms with E-state index in [9.17, 15) is 0 Å². The zero-order valence-corrected chi connectivity index (χ0v) is 5.22. The Kier molecular flexibility index (Phi) is 0.781. The summed E-state index contributed by atoms with van der Waals surface area (Å²) < 4.78 is 4.97. The Morgan fingerprint density at radius 2 is 2.44 bits per heavy atom. The van der Waals surface area contributed by atoms with E-state index in [1.54, 1.807) is 0 Å². The molecular formula is C7H7NO. The van der Waals surface area contributed by atoms with Crippen LogP contribution in [0.5, 0.6) is 0 Å². The lowest BCUT2D eigenvalue weighted by atomic mass is 10.3. The van der Waals surface area contributed by atoms with Crippen LogP contribution in [0.4, 0.5) is 0 Å². The largest absolute Gasteiger partial charge is 0.356 e. The van der Waals surface area contributed by atoms with E-state index in [1.807, 2.05) is 13.0 Å². The highest BCUT2D eigenvalue weighted by Crippen LogP contribution is 2.30. The number of nitrogens with zero attached hydrogens (tertiary/aromatic N) is 1. The van der Waals surface area contributed by atoms with E-state index in [1.165, 1.54) is 5.57 Å². The summed E-state index contributed by atoms with van der Waals surface area (Å²) in [5, 5.41) is 3.76. The van der Waals surface area contributed by atoms with Crippen LogP contribution in [0.25, 0.3) is 5.57 Å². The minimum Gasteiger partial charge on any atom is -0.356 e. The molecule has 2 nitrogen and oxygen atoms in total. The zero-order valence-electron chi connectivity index (χ0n) is 5.22. The van der Waals surface area contributed by atoms with Crippen LogP contribution in [0.15, 0.2) is 16.7 Å². The van der Waals surface area contributed by atoms with Crippen molar-refractivity contribution in [3.05, 3.63) is 23.6 Å². The van der Waals surface area contributed by atoms with Crippen molar-refractivity contribution >= 4 is 5.57 Å². The lowest BCUT2D eigenvalue weighted by Gasteiger charge is -1.75. The van der Waals surface area contributed by atoms with E-state index < -0.39 is 0 Å². The average Bonchev–Trinajstić information content (AvgIpc) is 2.58. The van der Waals surface area contributed by atoms with Crippen molar-refractivity contribution in [2.45, 2.75) is 13.3 Å². The van der Waals surface area contributed by atoms with Gasteiger partial charge in [0.25, 0.3) is 0 Å². The summed E-state index contributed by atoms with van der Waals surface area (Å²) in [7, 11) is 0. The molecule has 0 bridgehead atoms. The minimum atomic E-state index is 0.938. The highest BCUT2D eigenvalue weighted by Gasteiger charge is 2.13. The summed E-state index contributed by atoms with van der Waals surface area (Å²) in [6.45, 7) is 1.93. The maximum Gasteiger partial charge on any atom is 0.163 e. The fraction of sp³-hybridized carbons (Fsp3) is 0.286. The molecule has 1 aliphatic rings. The van der Waals surface area contributed by atoms with Gasteiger partial charge in [-0.2, -0.15) is 0 Å². The molecule has 0 N–H and O–H groups in total. The van der Waals surface area contributed by atoms with Crippen molar-refractivity contribution in [2.24, 2.45) is 0 Å². The number of allylic oxidation sites excluding steroid dienone is 2. The van der Waals surface area contributed by atoms with E-state index in [4.69, 9.17) is 4.52 Å². The number of aromatic nitrogens is 1. The predicted molar refractivity (Wildman–Crippen MR) is 33.8 cm³/mol. The lowest BCUT2D eigenvalue weighted by Crippen LogP contribution is -1.60. The molecule has 1 aromatic rings. The molecule has 0 radical (unpaired) electrons. The summed E-state index contributed by atoms with van der Waals surface area (Å²) in [5.41, 5.74) is 2.24. The van der Waals surface area contributed by atoms with E-state index in [0.717, 1.165) is 17.9 Å². The number of hydrogen-bond donors (Lipinski definition) is 0. The van der Waals surface area contributed by atoms with E-state index in [0.29, 0.717) is 0 Å². The highest BCUT2D eigenvalue weighted by molar-refractivity contribution is 5.74. The Balaban J connectivity index is 2.39. The number of hydrogen-bond acceptors (Lipinski definition) is 2. The monoisotopic (exact) mass is 121 g/mol. The Hall–Kier alpha value is -1.05. The van der Waals surface area contributed by atoms with Gasteiger partial charge in [0.1, 0.15) is 0 Å². The van der Waals surface area contributed by atoms with Gasteiger partial charge in [-0.1, -0.05) is 11.2 Å². The molecular weight excluding hydrogens is 114 g/mol. The molecule has 1 aromatic heterocycles. The van der Waals surface area contributed by atoms with Crippen LogP contribution >= 0.6 is 0 Å². The average molecular weight is 121 g/mol. The molecule has 0 saturated heterocycles. The van der Waals surface area contributed by atoms with Crippen molar-refractivity contribution in [1.82, 2.24) is 5.16 Å². The second-order valence-electron chi connectivity index (χ2n) is 2.27. The van der Waals surface area contributed by atoms with Gasteiger partial charge < -0.3 is 4.52 Å². The molecule has 0 amide bonds. The molecule has 1 aliphatic carbocycles. The third-order valence-electron chi connectivity index (χ3n) is 1.35. The van der Waals surface area contributed by atoms with Gasteiger partial charge in [0.15, 0.2) is 5.76 Å². The fourth-order valence-corrected chi connectivity index (χ4v) is 0.767. The molecule has 1 heterocycles.